The number of anilines is 1. The highest BCUT2D eigenvalue weighted by atomic mass is 35.5. The number of rotatable bonds is 6. The largest absolute Gasteiger partial charge is 0.483 e. The predicted molar refractivity (Wildman–Crippen MR) is 115 cm³/mol. The summed E-state index contributed by atoms with van der Waals surface area (Å²) in [5, 5.41) is 14.8. The molecular formula is C19H25ClN4O5S. The second-order valence-corrected chi connectivity index (χ2v) is 9.75. The number of benzene rings is 1. The van der Waals surface area contributed by atoms with Crippen molar-refractivity contribution in [3.8, 4) is 0 Å². The van der Waals surface area contributed by atoms with Gasteiger partial charge in [0.1, 0.15) is 5.82 Å². The Kier molecular flexibility index (Phi) is 8.39. The summed E-state index contributed by atoms with van der Waals surface area (Å²) in [6.45, 7) is 2.22. The van der Waals surface area contributed by atoms with E-state index in [4.69, 9.17) is 21.5 Å². The molecule has 2 N–H and O–H groups in total. The van der Waals surface area contributed by atoms with Crippen molar-refractivity contribution < 1.29 is 23.1 Å². The van der Waals surface area contributed by atoms with E-state index in [9.17, 15) is 13.2 Å². The third-order valence-corrected chi connectivity index (χ3v) is 6.60. The second kappa shape index (κ2) is 10.6. The van der Waals surface area contributed by atoms with Crippen LogP contribution in [0.4, 0.5) is 5.82 Å². The first-order valence-corrected chi connectivity index (χ1v) is 11.4. The molecule has 1 amide bonds. The summed E-state index contributed by atoms with van der Waals surface area (Å²) in [6.07, 6.45) is 0.567. The number of carboxylic acid groups (broad SMARTS) is 1. The minimum atomic E-state index is -2.97. The van der Waals surface area contributed by atoms with Crippen LogP contribution in [-0.4, -0.2) is 71.7 Å². The zero-order valence-corrected chi connectivity index (χ0v) is 18.4. The number of likely N-dealkylation sites (N-methyl/N-ethyl adjacent to an activating group) is 1. The van der Waals surface area contributed by atoms with Crippen molar-refractivity contribution in [1.29, 1.82) is 0 Å². The van der Waals surface area contributed by atoms with Crippen molar-refractivity contribution in [2.45, 2.75) is 25.9 Å². The number of nitrogens with one attached hydrogen (secondary N) is 1. The first-order valence-electron chi connectivity index (χ1n) is 9.21. The molecule has 1 aliphatic heterocycles. The van der Waals surface area contributed by atoms with E-state index >= 15 is 0 Å². The highest BCUT2D eigenvalue weighted by Gasteiger charge is 2.31. The van der Waals surface area contributed by atoms with Gasteiger partial charge in [-0.3, -0.25) is 14.5 Å². The van der Waals surface area contributed by atoms with Gasteiger partial charge in [-0.25, -0.2) is 13.1 Å². The van der Waals surface area contributed by atoms with E-state index < -0.39 is 9.84 Å². The Bertz CT molecular complexity index is 993. The molecule has 1 aromatic heterocycles. The fraction of sp³-hybridized carbons (Fsp3) is 0.421. The van der Waals surface area contributed by atoms with Crippen LogP contribution < -0.4 is 5.32 Å². The predicted octanol–water partition coefficient (Wildman–Crippen LogP) is 1.65. The lowest BCUT2D eigenvalue weighted by atomic mass is 10.2. The smallest absolute Gasteiger partial charge is 0.290 e. The molecule has 0 spiro atoms. The number of sulfone groups is 1. The van der Waals surface area contributed by atoms with Gasteiger partial charge in [0, 0.05) is 17.1 Å². The lowest BCUT2D eigenvalue weighted by molar-refractivity contribution is -0.123. The first kappa shape index (κ1) is 23.8. The van der Waals surface area contributed by atoms with Crippen LogP contribution in [0, 0.1) is 6.92 Å². The Morgan fingerprint density at radius 3 is 2.73 bits per heavy atom. The Hall–Kier alpha value is -2.43. The summed E-state index contributed by atoms with van der Waals surface area (Å²) in [5.74, 6) is 0.705. The van der Waals surface area contributed by atoms with E-state index in [1.807, 2.05) is 31.2 Å². The average molecular weight is 457 g/mol. The SMILES string of the molecule is Cc1cc(NC(=O)CN(C)C2CCS(=O)(=O)C2)n(Cc2cccc(Cl)c2)n1.O=CO. The van der Waals surface area contributed by atoms with Crippen LogP contribution in [0.1, 0.15) is 17.7 Å². The van der Waals surface area contributed by atoms with E-state index in [2.05, 4.69) is 10.4 Å². The number of carbonyl (C=O) groups excluding carboxylic acids is 1. The summed E-state index contributed by atoms with van der Waals surface area (Å²) in [6, 6.07) is 9.18. The maximum absolute atomic E-state index is 12.4. The molecule has 1 aliphatic rings. The van der Waals surface area contributed by atoms with Crippen LogP contribution in [0.3, 0.4) is 0 Å². The normalized spacial score (nSPS) is 17.3. The molecule has 1 saturated heterocycles. The molecule has 1 aromatic carbocycles. The van der Waals surface area contributed by atoms with E-state index in [0.29, 0.717) is 23.8 Å². The molecule has 0 radical (unpaired) electrons. The summed E-state index contributed by atoms with van der Waals surface area (Å²) in [4.78, 5) is 22.6. The molecule has 0 bridgehead atoms. The number of hydrogen-bond donors (Lipinski definition) is 2. The number of aryl methyl sites for hydroxylation is 1. The van der Waals surface area contributed by atoms with Crippen molar-refractivity contribution in [3.63, 3.8) is 0 Å². The van der Waals surface area contributed by atoms with Crippen molar-refractivity contribution in [2.75, 3.05) is 30.4 Å². The molecule has 164 valence electrons. The molecular weight excluding hydrogens is 432 g/mol. The minimum Gasteiger partial charge on any atom is -0.483 e. The van der Waals surface area contributed by atoms with E-state index in [-0.39, 0.29) is 36.5 Å². The number of aromatic nitrogens is 2. The maximum atomic E-state index is 12.4. The van der Waals surface area contributed by atoms with Crippen molar-refractivity contribution in [2.24, 2.45) is 0 Å². The molecule has 11 heteroatoms. The average Bonchev–Trinajstić information content (AvgIpc) is 3.17. The Labute approximate surface area is 180 Å². The zero-order chi connectivity index (χ0) is 22.3. The number of halogens is 1. The van der Waals surface area contributed by atoms with Crippen LogP contribution in [0.15, 0.2) is 30.3 Å². The summed E-state index contributed by atoms with van der Waals surface area (Å²) >= 11 is 6.03. The molecule has 1 fully saturated rings. The molecule has 30 heavy (non-hydrogen) atoms. The molecule has 1 atom stereocenters. The van der Waals surface area contributed by atoms with Crippen LogP contribution in [0.2, 0.25) is 5.02 Å². The molecule has 2 heterocycles. The van der Waals surface area contributed by atoms with Gasteiger partial charge in [0.2, 0.25) is 5.91 Å². The molecule has 0 saturated carbocycles. The number of amides is 1. The van der Waals surface area contributed by atoms with Crippen LogP contribution in [0.5, 0.6) is 0 Å². The standard InChI is InChI=1S/C18H23ClN4O3S.CH2O2/c1-13-8-17(23(21-13)10-14-4-3-5-15(19)9-14)20-18(24)11-22(2)16-6-7-27(25,26)12-16;2-1-3/h3-5,8-9,16H,6-7,10-12H2,1-2H3,(H,20,24);1H,(H,2,3). The summed E-state index contributed by atoms with van der Waals surface area (Å²) in [7, 11) is -1.20. The molecule has 1 unspecified atom stereocenters. The topological polar surface area (TPSA) is 122 Å². The van der Waals surface area contributed by atoms with Gasteiger partial charge in [-0.05, 0) is 38.1 Å². The minimum absolute atomic E-state index is 0.112. The quantitative estimate of drug-likeness (QED) is 0.633. The van der Waals surface area contributed by atoms with Gasteiger partial charge in [-0.2, -0.15) is 5.10 Å². The second-order valence-electron chi connectivity index (χ2n) is 7.08. The van der Waals surface area contributed by atoms with Crippen LogP contribution in [0.25, 0.3) is 0 Å². The Balaban J connectivity index is 0.00000101. The van der Waals surface area contributed by atoms with Crippen molar-refractivity contribution >= 4 is 39.6 Å². The monoisotopic (exact) mass is 456 g/mol. The molecule has 2 aromatic rings. The van der Waals surface area contributed by atoms with Crippen LogP contribution >= 0.6 is 11.6 Å². The van der Waals surface area contributed by atoms with Gasteiger partial charge < -0.3 is 10.4 Å². The van der Waals surface area contributed by atoms with Gasteiger partial charge in [-0.15, -0.1) is 0 Å². The van der Waals surface area contributed by atoms with Gasteiger partial charge in [0.05, 0.1) is 30.3 Å². The highest BCUT2D eigenvalue weighted by Crippen LogP contribution is 2.18. The maximum Gasteiger partial charge on any atom is 0.290 e. The fourth-order valence-corrected chi connectivity index (χ4v) is 5.25. The lowest BCUT2D eigenvalue weighted by Gasteiger charge is -2.22. The number of nitrogens with zero attached hydrogens (tertiary/aromatic N) is 3. The van der Waals surface area contributed by atoms with Gasteiger partial charge in [0.15, 0.2) is 9.84 Å². The summed E-state index contributed by atoms with van der Waals surface area (Å²) in [5.41, 5.74) is 1.77. The number of hydrogen-bond acceptors (Lipinski definition) is 6. The van der Waals surface area contributed by atoms with Crippen molar-refractivity contribution in [1.82, 2.24) is 14.7 Å². The van der Waals surface area contributed by atoms with E-state index in [1.165, 1.54) is 0 Å². The number of carbonyl (C=O) groups is 2. The van der Waals surface area contributed by atoms with E-state index in [1.54, 1.807) is 22.7 Å². The fourth-order valence-electron chi connectivity index (χ4n) is 3.24. The molecule has 9 nitrogen and oxygen atoms in total. The third kappa shape index (κ3) is 7.12. The zero-order valence-electron chi connectivity index (χ0n) is 16.8. The Morgan fingerprint density at radius 1 is 1.43 bits per heavy atom. The highest BCUT2D eigenvalue weighted by molar-refractivity contribution is 7.91. The van der Waals surface area contributed by atoms with E-state index in [0.717, 1.165) is 11.3 Å². The summed E-state index contributed by atoms with van der Waals surface area (Å²) < 4.78 is 25.0. The molecule has 0 aliphatic carbocycles. The third-order valence-electron chi connectivity index (χ3n) is 4.62. The van der Waals surface area contributed by atoms with Crippen molar-refractivity contribution in [3.05, 3.63) is 46.6 Å². The van der Waals surface area contributed by atoms with Gasteiger partial charge in [-0.1, -0.05) is 23.7 Å². The Morgan fingerprint density at radius 2 is 2.13 bits per heavy atom. The first-order chi connectivity index (χ1) is 14.1. The lowest BCUT2D eigenvalue weighted by Crippen LogP contribution is -2.38. The van der Waals surface area contributed by atoms with Gasteiger partial charge >= 0.3 is 0 Å². The van der Waals surface area contributed by atoms with Crippen LogP contribution in [-0.2, 0) is 26.0 Å². The van der Waals surface area contributed by atoms with Gasteiger partial charge in [0.25, 0.3) is 6.47 Å². The molecule has 3 rings (SSSR count).